The van der Waals surface area contributed by atoms with Gasteiger partial charge in [-0.1, -0.05) is 31.0 Å². The van der Waals surface area contributed by atoms with Crippen LogP contribution in [0.1, 0.15) is 49.3 Å². The summed E-state index contributed by atoms with van der Waals surface area (Å²) >= 11 is 1.19. The molecule has 0 radical (unpaired) electrons. The van der Waals surface area contributed by atoms with Crippen molar-refractivity contribution in [2.75, 3.05) is 5.75 Å². The van der Waals surface area contributed by atoms with Gasteiger partial charge in [0.1, 0.15) is 17.9 Å². The minimum atomic E-state index is -0.397. The van der Waals surface area contributed by atoms with Gasteiger partial charge < -0.3 is 9.78 Å². The van der Waals surface area contributed by atoms with Crippen LogP contribution in [0.2, 0.25) is 0 Å². The van der Waals surface area contributed by atoms with Crippen LogP contribution in [0.15, 0.2) is 9.95 Å². The van der Waals surface area contributed by atoms with Gasteiger partial charge in [-0.15, -0.1) is 0 Å². The lowest BCUT2D eigenvalue weighted by Gasteiger charge is -2.21. The summed E-state index contributed by atoms with van der Waals surface area (Å²) < 4.78 is 0. The number of hydrogen-bond acceptors (Lipinski definition) is 5. The number of carbonyl (C=O) groups excluding carboxylic acids is 1. The summed E-state index contributed by atoms with van der Waals surface area (Å²) in [4.78, 5) is 29.2. The van der Waals surface area contributed by atoms with E-state index in [0.717, 1.165) is 32.0 Å². The molecule has 0 amide bonds. The van der Waals surface area contributed by atoms with E-state index < -0.39 is 5.56 Å². The molecule has 0 unspecified atom stereocenters. The average Bonchev–Trinajstić information content (AvgIpc) is 2.45. The van der Waals surface area contributed by atoms with Gasteiger partial charge in [-0.05, 0) is 12.8 Å². The summed E-state index contributed by atoms with van der Waals surface area (Å²) in [5.41, 5.74) is 0.341. The maximum Gasteiger partial charge on any atom is 0.269 e. The minimum Gasteiger partial charge on any atom is -0.302 e. The van der Waals surface area contributed by atoms with E-state index in [0.29, 0.717) is 10.9 Å². The second-order valence-corrected chi connectivity index (χ2v) is 5.56. The first-order valence-electron chi connectivity index (χ1n) is 6.37. The van der Waals surface area contributed by atoms with Crippen molar-refractivity contribution in [1.29, 1.82) is 5.26 Å². The van der Waals surface area contributed by atoms with Crippen molar-refractivity contribution in [2.45, 2.75) is 43.2 Å². The third-order valence-corrected chi connectivity index (χ3v) is 4.09. The normalized spacial score (nSPS) is 15.9. The number of aromatic amines is 1. The van der Waals surface area contributed by atoms with E-state index in [2.05, 4.69) is 9.97 Å². The molecule has 0 atom stereocenters. The molecule has 0 aliphatic heterocycles. The molecule has 1 fully saturated rings. The van der Waals surface area contributed by atoms with Crippen molar-refractivity contribution in [3.8, 4) is 6.07 Å². The highest BCUT2D eigenvalue weighted by molar-refractivity contribution is 7.99. The van der Waals surface area contributed by atoms with Crippen molar-refractivity contribution in [1.82, 2.24) is 9.97 Å². The van der Waals surface area contributed by atoms with Crippen molar-refractivity contribution >= 4 is 18.0 Å². The molecule has 1 aliphatic rings. The van der Waals surface area contributed by atoms with Gasteiger partial charge >= 0.3 is 0 Å². The number of carbonyl (C=O) groups is 1. The quantitative estimate of drug-likeness (QED) is 0.516. The van der Waals surface area contributed by atoms with Crippen molar-refractivity contribution in [2.24, 2.45) is 0 Å². The van der Waals surface area contributed by atoms with Crippen LogP contribution in [0.5, 0.6) is 0 Å². The Labute approximate surface area is 115 Å². The predicted molar refractivity (Wildman–Crippen MR) is 72.2 cm³/mol. The minimum absolute atomic E-state index is 0.127. The summed E-state index contributed by atoms with van der Waals surface area (Å²) in [7, 11) is 0. The predicted octanol–water partition coefficient (Wildman–Crippen LogP) is 1.98. The van der Waals surface area contributed by atoms with E-state index in [1.165, 1.54) is 18.2 Å². The molecule has 0 aromatic carbocycles. The van der Waals surface area contributed by atoms with Gasteiger partial charge in [0.25, 0.3) is 5.56 Å². The zero-order valence-corrected chi connectivity index (χ0v) is 11.3. The number of thioether (sulfide) groups is 1. The van der Waals surface area contributed by atoms with Crippen molar-refractivity contribution in [3.63, 3.8) is 0 Å². The van der Waals surface area contributed by atoms with Gasteiger partial charge in [0.05, 0.1) is 11.4 Å². The fraction of sp³-hybridized carbons (Fsp3) is 0.538. The highest BCUT2D eigenvalue weighted by Gasteiger charge is 2.22. The van der Waals surface area contributed by atoms with E-state index in [9.17, 15) is 9.59 Å². The fourth-order valence-corrected chi connectivity index (χ4v) is 2.98. The Morgan fingerprint density at radius 3 is 2.79 bits per heavy atom. The van der Waals surface area contributed by atoms with E-state index in [4.69, 9.17) is 5.26 Å². The van der Waals surface area contributed by atoms with Crippen LogP contribution in [-0.4, -0.2) is 22.0 Å². The third kappa shape index (κ3) is 3.24. The number of aldehydes is 1. The highest BCUT2D eigenvalue weighted by atomic mass is 32.2. The van der Waals surface area contributed by atoms with Crippen molar-refractivity contribution < 1.29 is 4.79 Å². The lowest BCUT2D eigenvalue weighted by atomic mass is 9.85. The summed E-state index contributed by atoms with van der Waals surface area (Å²) in [6, 6.07) is 1.96. The number of hydrogen-bond donors (Lipinski definition) is 1. The molecule has 0 spiro atoms. The number of H-pyrrole nitrogens is 1. The first-order chi connectivity index (χ1) is 9.26. The molecule has 1 aromatic heterocycles. The topological polar surface area (TPSA) is 86.6 Å². The van der Waals surface area contributed by atoms with Crippen LogP contribution in [0.25, 0.3) is 0 Å². The summed E-state index contributed by atoms with van der Waals surface area (Å²) in [6.45, 7) is 0. The SMILES string of the molecule is N#Cc1c(C2CCCCC2)nc(SCC=O)[nH]c1=O. The van der Waals surface area contributed by atoms with Gasteiger partial charge in [-0.2, -0.15) is 5.26 Å². The number of nitrogens with zero attached hydrogens (tertiary/aromatic N) is 2. The van der Waals surface area contributed by atoms with Crippen LogP contribution in [0, 0.1) is 11.3 Å². The molecule has 0 bridgehead atoms. The Kier molecular flexibility index (Phi) is 4.74. The second-order valence-electron chi connectivity index (χ2n) is 4.56. The Balaban J connectivity index is 2.37. The van der Waals surface area contributed by atoms with Crippen LogP contribution in [0.4, 0.5) is 0 Å². The van der Waals surface area contributed by atoms with Crippen LogP contribution < -0.4 is 5.56 Å². The molecule has 1 heterocycles. The Hall–Kier alpha value is -1.61. The molecular weight excluding hydrogens is 262 g/mol. The number of aromatic nitrogens is 2. The lowest BCUT2D eigenvalue weighted by molar-refractivity contribution is -0.105. The summed E-state index contributed by atoms with van der Waals surface area (Å²) in [6.07, 6.45) is 6.14. The third-order valence-electron chi connectivity index (χ3n) is 3.32. The molecule has 2 rings (SSSR count). The molecule has 1 saturated carbocycles. The van der Waals surface area contributed by atoms with Crippen LogP contribution in [-0.2, 0) is 4.79 Å². The molecule has 100 valence electrons. The molecule has 0 saturated heterocycles. The number of nitrogens with one attached hydrogen (secondary N) is 1. The molecule has 1 N–H and O–H groups in total. The van der Waals surface area contributed by atoms with Gasteiger partial charge in [0, 0.05) is 5.92 Å². The Bertz CT molecular complexity index is 556. The van der Waals surface area contributed by atoms with E-state index in [-0.39, 0.29) is 17.2 Å². The van der Waals surface area contributed by atoms with Gasteiger partial charge in [-0.3, -0.25) is 4.79 Å². The van der Waals surface area contributed by atoms with E-state index >= 15 is 0 Å². The zero-order chi connectivity index (χ0) is 13.7. The second kappa shape index (κ2) is 6.53. The van der Waals surface area contributed by atoms with E-state index in [1.54, 1.807) is 0 Å². The van der Waals surface area contributed by atoms with Gasteiger partial charge in [-0.25, -0.2) is 4.98 Å². The van der Waals surface area contributed by atoms with E-state index in [1.807, 2.05) is 6.07 Å². The monoisotopic (exact) mass is 277 g/mol. The standard InChI is InChI=1S/C13H15N3O2S/c14-8-10-11(9-4-2-1-3-5-9)15-13(16-12(10)18)19-7-6-17/h6,9H,1-5,7H2,(H,15,16,18). The smallest absolute Gasteiger partial charge is 0.269 e. The molecule has 1 aromatic rings. The van der Waals surface area contributed by atoms with Gasteiger partial charge in [0.2, 0.25) is 0 Å². The zero-order valence-electron chi connectivity index (χ0n) is 10.5. The number of rotatable bonds is 4. The molecule has 6 heteroatoms. The largest absolute Gasteiger partial charge is 0.302 e. The number of nitriles is 1. The van der Waals surface area contributed by atoms with Crippen LogP contribution >= 0.6 is 11.8 Å². The fourth-order valence-electron chi connectivity index (χ4n) is 2.43. The molecule has 1 aliphatic carbocycles. The maximum absolute atomic E-state index is 11.9. The Morgan fingerprint density at radius 2 is 2.16 bits per heavy atom. The first-order valence-corrected chi connectivity index (χ1v) is 7.35. The average molecular weight is 277 g/mol. The molecule has 19 heavy (non-hydrogen) atoms. The maximum atomic E-state index is 11.9. The molecular formula is C13H15N3O2S. The highest BCUT2D eigenvalue weighted by Crippen LogP contribution is 2.32. The lowest BCUT2D eigenvalue weighted by Crippen LogP contribution is -2.20. The summed E-state index contributed by atoms with van der Waals surface area (Å²) in [5, 5.41) is 9.55. The summed E-state index contributed by atoms with van der Waals surface area (Å²) in [5.74, 6) is 0.445. The van der Waals surface area contributed by atoms with Gasteiger partial charge in [0.15, 0.2) is 5.16 Å². The van der Waals surface area contributed by atoms with Crippen molar-refractivity contribution in [3.05, 3.63) is 21.6 Å². The van der Waals surface area contributed by atoms with Crippen LogP contribution in [0.3, 0.4) is 0 Å². The molecule has 5 nitrogen and oxygen atoms in total. The Morgan fingerprint density at radius 1 is 1.42 bits per heavy atom. The first kappa shape index (κ1) is 13.8.